The van der Waals surface area contributed by atoms with E-state index in [4.69, 9.17) is 26.7 Å². The quantitative estimate of drug-likeness (QED) is 0.559. The summed E-state index contributed by atoms with van der Waals surface area (Å²) in [6, 6.07) is 15.5. The molecule has 0 bridgehead atoms. The largest absolute Gasteiger partial charge is 0.404 e. The predicted molar refractivity (Wildman–Crippen MR) is 107 cm³/mol. The van der Waals surface area contributed by atoms with Crippen molar-refractivity contribution in [2.24, 2.45) is 0 Å². The van der Waals surface area contributed by atoms with Gasteiger partial charge in [0.2, 0.25) is 5.89 Å². The van der Waals surface area contributed by atoms with Crippen LogP contribution < -0.4 is 5.73 Å². The van der Waals surface area contributed by atoms with E-state index in [0.717, 1.165) is 34.4 Å². The van der Waals surface area contributed by atoms with Gasteiger partial charge < -0.3 is 10.2 Å². The highest BCUT2D eigenvalue weighted by Crippen LogP contribution is 2.35. The average Bonchev–Trinajstić information content (AvgIpc) is 3.34. The highest BCUT2D eigenvalue weighted by Gasteiger charge is 2.20. The highest BCUT2D eigenvalue weighted by molar-refractivity contribution is 6.33. The number of hydrogen-bond acceptors (Lipinski definition) is 6. The lowest BCUT2D eigenvalue weighted by Crippen LogP contribution is -1.97. The van der Waals surface area contributed by atoms with Crippen LogP contribution in [0.3, 0.4) is 0 Å². The molecule has 0 saturated heterocycles. The first-order valence-corrected chi connectivity index (χ1v) is 9.08. The number of nitrogens with zero attached hydrogens (tertiary/aromatic N) is 4. The summed E-state index contributed by atoms with van der Waals surface area (Å²) in [5.41, 5.74) is 11.2. The lowest BCUT2D eigenvalue weighted by molar-refractivity contribution is 0.590. The topological polar surface area (TPSA) is 90.7 Å². The highest BCUT2D eigenvalue weighted by atomic mass is 35.5. The number of rotatable bonds is 3. The Morgan fingerprint density at radius 2 is 1.89 bits per heavy atom. The lowest BCUT2D eigenvalue weighted by Gasteiger charge is -2.09. The molecular weight excluding hydrogens is 374 g/mol. The summed E-state index contributed by atoms with van der Waals surface area (Å²) >= 11 is 6.33. The van der Waals surface area contributed by atoms with Crippen LogP contribution >= 0.6 is 11.6 Å². The van der Waals surface area contributed by atoms with Crippen LogP contribution in [0, 0.1) is 0 Å². The van der Waals surface area contributed by atoms with E-state index in [2.05, 4.69) is 21.3 Å². The van der Waals surface area contributed by atoms with Crippen molar-refractivity contribution >= 4 is 23.2 Å². The molecule has 0 unspecified atom stereocenters. The van der Waals surface area contributed by atoms with Gasteiger partial charge in [-0.05, 0) is 41.8 Å². The Morgan fingerprint density at radius 1 is 1.00 bits per heavy atom. The van der Waals surface area contributed by atoms with E-state index in [1.54, 1.807) is 6.20 Å². The third-order valence-electron chi connectivity index (χ3n) is 4.66. The van der Waals surface area contributed by atoms with Crippen LogP contribution in [0.15, 0.2) is 65.2 Å². The van der Waals surface area contributed by atoms with Gasteiger partial charge in [0.15, 0.2) is 5.82 Å². The fourth-order valence-corrected chi connectivity index (χ4v) is 3.56. The number of aromatic nitrogens is 4. The van der Waals surface area contributed by atoms with Crippen molar-refractivity contribution < 1.29 is 4.42 Å². The second-order valence-corrected chi connectivity index (χ2v) is 6.79. The van der Waals surface area contributed by atoms with E-state index in [1.165, 1.54) is 5.56 Å². The summed E-state index contributed by atoms with van der Waals surface area (Å²) in [6.07, 6.45) is 4.70. The lowest BCUT2D eigenvalue weighted by atomic mass is 10.0. The third kappa shape index (κ3) is 2.84. The van der Waals surface area contributed by atoms with E-state index < -0.39 is 0 Å². The predicted octanol–water partition coefficient (Wildman–Crippen LogP) is 4.42. The number of nitrogen functional groups attached to an aromatic ring is 1. The summed E-state index contributed by atoms with van der Waals surface area (Å²) < 4.78 is 5.35. The summed E-state index contributed by atoms with van der Waals surface area (Å²) in [7, 11) is 0. The fraction of sp³-hybridized carbons (Fsp3) is 0.0476. The summed E-state index contributed by atoms with van der Waals surface area (Å²) in [5, 5.41) is 8.35. The Kier molecular flexibility index (Phi) is 3.91. The third-order valence-corrected chi connectivity index (χ3v) is 4.99. The molecule has 6 nitrogen and oxygen atoms in total. The van der Waals surface area contributed by atoms with E-state index in [-0.39, 0.29) is 6.01 Å². The van der Waals surface area contributed by atoms with E-state index in [9.17, 15) is 0 Å². The molecule has 5 rings (SSSR count). The molecule has 28 heavy (non-hydrogen) atoms. The Bertz CT molecular complexity index is 1230. The van der Waals surface area contributed by atoms with Crippen molar-refractivity contribution in [3.63, 3.8) is 0 Å². The maximum Gasteiger partial charge on any atom is 0.313 e. The van der Waals surface area contributed by atoms with Crippen LogP contribution in [0.1, 0.15) is 17.0 Å². The number of halogens is 1. The van der Waals surface area contributed by atoms with Gasteiger partial charge in [-0.3, -0.25) is 0 Å². The van der Waals surface area contributed by atoms with E-state index in [1.807, 2.05) is 48.5 Å². The number of benzene rings is 2. The van der Waals surface area contributed by atoms with Gasteiger partial charge in [-0.1, -0.05) is 47.0 Å². The minimum atomic E-state index is 0.0436. The van der Waals surface area contributed by atoms with Gasteiger partial charge in [-0.15, -0.1) is 5.10 Å². The van der Waals surface area contributed by atoms with Crippen LogP contribution in [0.2, 0.25) is 5.02 Å². The van der Waals surface area contributed by atoms with Gasteiger partial charge in [0.1, 0.15) is 0 Å². The normalized spacial score (nSPS) is 12.7. The van der Waals surface area contributed by atoms with Gasteiger partial charge in [-0.2, -0.15) is 0 Å². The second-order valence-electron chi connectivity index (χ2n) is 6.38. The molecule has 0 amide bonds. The standard InChI is InChI=1S/C21H14ClN5O/c22-17-4-2-1-3-15(17)18-9-10-24-19(25-18)14-8-7-12-5-6-13(11-16(12)14)20-26-27-21(23)28-20/h1-6,8-11H,7H2,(H2,23,27). The number of allylic oxidation sites excluding steroid dienone is 1. The molecule has 0 aliphatic heterocycles. The molecule has 1 aliphatic rings. The van der Waals surface area contributed by atoms with Gasteiger partial charge in [0.05, 0.1) is 5.69 Å². The Morgan fingerprint density at radius 3 is 2.71 bits per heavy atom. The number of hydrogen-bond donors (Lipinski definition) is 1. The maximum atomic E-state index is 6.33. The smallest absolute Gasteiger partial charge is 0.313 e. The molecule has 0 saturated carbocycles. The van der Waals surface area contributed by atoms with Crippen molar-refractivity contribution in [3.8, 4) is 22.7 Å². The van der Waals surface area contributed by atoms with Crippen molar-refractivity contribution in [3.05, 3.63) is 82.8 Å². The van der Waals surface area contributed by atoms with Gasteiger partial charge >= 0.3 is 6.01 Å². The zero-order valence-electron chi connectivity index (χ0n) is 14.6. The Hall–Kier alpha value is -3.51. The average molecular weight is 388 g/mol. The first-order valence-electron chi connectivity index (χ1n) is 8.70. The molecule has 136 valence electrons. The van der Waals surface area contributed by atoms with Crippen molar-refractivity contribution in [1.82, 2.24) is 20.2 Å². The number of fused-ring (bicyclic) bond motifs is 1. The molecule has 0 radical (unpaired) electrons. The minimum Gasteiger partial charge on any atom is -0.404 e. The first-order chi connectivity index (χ1) is 13.7. The number of nitrogens with two attached hydrogens (primary N) is 1. The van der Waals surface area contributed by atoms with Crippen LogP contribution in [0.25, 0.3) is 28.3 Å². The van der Waals surface area contributed by atoms with Crippen LogP contribution in [-0.2, 0) is 6.42 Å². The van der Waals surface area contributed by atoms with E-state index >= 15 is 0 Å². The zero-order chi connectivity index (χ0) is 19.1. The summed E-state index contributed by atoms with van der Waals surface area (Å²) in [4.78, 5) is 9.24. The molecule has 4 aromatic rings. The monoisotopic (exact) mass is 387 g/mol. The maximum absolute atomic E-state index is 6.33. The van der Waals surface area contributed by atoms with E-state index in [0.29, 0.717) is 16.7 Å². The van der Waals surface area contributed by atoms with Crippen LogP contribution in [0.4, 0.5) is 6.01 Å². The number of anilines is 1. The first kappa shape index (κ1) is 16.6. The molecule has 2 aromatic carbocycles. The molecule has 0 fully saturated rings. The Labute approximate surface area is 165 Å². The molecule has 7 heteroatoms. The molecule has 2 aromatic heterocycles. The fourth-order valence-electron chi connectivity index (χ4n) is 3.33. The molecule has 2 heterocycles. The SMILES string of the molecule is Nc1nnc(-c2ccc3c(c2)C(c2nccc(-c4ccccc4Cl)n2)=CC3)o1. The summed E-state index contributed by atoms with van der Waals surface area (Å²) in [6.45, 7) is 0. The second kappa shape index (κ2) is 6.58. The van der Waals surface area contributed by atoms with Gasteiger partial charge in [-0.25, -0.2) is 9.97 Å². The Balaban J connectivity index is 1.56. The molecule has 2 N–H and O–H groups in total. The molecule has 1 aliphatic carbocycles. The van der Waals surface area contributed by atoms with Gasteiger partial charge in [0.25, 0.3) is 0 Å². The van der Waals surface area contributed by atoms with Crippen LogP contribution in [0.5, 0.6) is 0 Å². The van der Waals surface area contributed by atoms with Crippen molar-refractivity contribution in [2.75, 3.05) is 5.73 Å². The van der Waals surface area contributed by atoms with Gasteiger partial charge in [0, 0.05) is 27.9 Å². The van der Waals surface area contributed by atoms with Crippen molar-refractivity contribution in [2.45, 2.75) is 6.42 Å². The minimum absolute atomic E-state index is 0.0436. The zero-order valence-corrected chi connectivity index (χ0v) is 15.4. The van der Waals surface area contributed by atoms with Crippen molar-refractivity contribution in [1.29, 1.82) is 0 Å². The van der Waals surface area contributed by atoms with Crippen LogP contribution in [-0.4, -0.2) is 20.2 Å². The summed E-state index contributed by atoms with van der Waals surface area (Å²) in [5.74, 6) is 1.04. The molecule has 0 spiro atoms. The molecule has 0 atom stereocenters. The molecular formula is C21H14ClN5O.